The minimum Gasteiger partial charge on any atom is -0.476 e. The van der Waals surface area contributed by atoms with E-state index in [0.29, 0.717) is 18.2 Å². The Morgan fingerprint density at radius 1 is 1.59 bits per heavy atom. The summed E-state index contributed by atoms with van der Waals surface area (Å²) in [5.41, 5.74) is -0.0153. The summed E-state index contributed by atoms with van der Waals surface area (Å²) >= 11 is 0. The van der Waals surface area contributed by atoms with E-state index < -0.39 is 5.97 Å². The number of carboxylic acid groups (broad SMARTS) is 1. The second-order valence-corrected chi connectivity index (χ2v) is 4.96. The van der Waals surface area contributed by atoms with Gasteiger partial charge in [0.2, 0.25) is 0 Å². The molecule has 0 amide bonds. The van der Waals surface area contributed by atoms with E-state index in [9.17, 15) is 4.79 Å². The van der Waals surface area contributed by atoms with Gasteiger partial charge >= 0.3 is 5.97 Å². The van der Waals surface area contributed by atoms with Crippen LogP contribution < -0.4 is 0 Å². The minimum atomic E-state index is -1.04. The summed E-state index contributed by atoms with van der Waals surface area (Å²) in [6.45, 7) is 7.25. The Labute approximate surface area is 100 Å². The topological polar surface area (TPSA) is 66.6 Å². The lowest BCUT2D eigenvalue weighted by atomic mass is 9.89. The van der Waals surface area contributed by atoms with Crippen LogP contribution in [0.15, 0.2) is 10.6 Å². The molecule has 1 aromatic rings. The van der Waals surface area contributed by atoms with E-state index >= 15 is 0 Å². The van der Waals surface area contributed by atoms with Gasteiger partial charge in [0, 0.05) is 12.6 Å². The third-order valence-electron chi connectivity index (χ3n) is 3.58. The van der Waals surface area contributed by atoms with Crippen LogP contribution in [0.4, 0.5) is 0 Å². The fourth-order valence-electron chi connectivity index (χ4n) is 2.20. The van der Waals surface area contributed by atoms with E-state index in [1.165, 1.54) is 12.5 Å². The zero-order valence-corrected chi connectivity index (χ0v) is 10.2. The number of carboxylic acids is 1. The van der Waals surface area contributed by atoms with Crippen molar-refractivity contribution in [3.63, 3.8) is 0 Å². The predicted molar refractivity (Wildman–Crippen MR) is 61.7 cm³/mol. The highest BCUT2D eigenvalue weighted by atomic mass is 16.5. The van der Waals surface area contributed by atoms with E-state index in [4.69, 9.17) is 9.63 Å². The minimum absolute atomic E-state index is 0.0153. The molecule has 0 aliphatic carbocycles. The van der Waals surface area contributed by atoms with Gasteiger partial charge in [-0.2, -0.15) is 0 Å². The zero-order valence-electron chi connectivity index (χ0n) is 10.2. The summed E-state index contributed by atoms with van der Waals surface area (Å²) in [6, 6.07) is 1.50. The van der Waals surface area contributed by atoms with Crippen LogP contribution in [0, 0.1) is 11.8 Å². The molecule has 0 bridgehead atoms. The average molecular weight is 238 g/mol. The number of rotatable bonds is 3. The molecule has 2 heterocycles. The number of hydrogen-bond acceptors (Lipinski definition) is 4. The first-order chi connectivity index (χ1) is 8.06. The maximum atomic E-state index is 10.7. The molecular weight excluding hydrogens is 220 g/mol. The summed E-state index contributed by atoms with van der Waals surface area (Å²) in [4.78, 5) is 13.0. The van der Waals surface area contributed by atoms with E-state index in [-0.39, 0.29) is 5.69 Å². The highest BCUT2D eigenvalue weighted by Gasteiger charge is 2.23. The van der Waals surface area contributed by atoms with Gasteiger partial charge in [0.05, 0.1) is 6.54 Å². The molecule has 1 aromatic heterocycles. The van der Waals surface area contributed by atoms with Crippen LogP contribution in [0.5, 0.6) is 0 Å². The predicted octanol–water partition coefficient (Wildman–Crippen LogP) is 1.85. The first-order valence-electron chi connectivity index (χ1n) is 5.97. The second kappa shape index (κ2) is 4.87. The van der Waals surface area contributed by atoms with Crippen molar-refractivity contribution in [3.8, 4) is 0 Å². The molecule has 2 unspecified atom stereocenters. The van der Waals surface area contributed by atoms with Gasteiger partial charge in [0.25, 0.3) is 0 Å². The van der Waals surface area contributed by atoms with Crippen molar-refractivity contribution < 1.29 is 14.4 Å². The van der Waals surface area contributed by atoms with Gasteiger partial charge in [0.15, 0.2) is 11.5 Å². The first-order valence-corrected chi connectivity index (χ1v) is 5.97. The molecule has 1 aliphatic rings. The lowest BCUT2D eigenvalue weighted by molar-refractivity contribution is 0.0685. The standard InChI is InChI=1S/C12H18N2O3/c1-8-3-4-14(6-9(8)2)7-10-5-11(12(15)16)13-17-10/h5,8-9H,3-4,6-7H2,1-2H3,(H,15,16). The second-order valence-electron chi connectivity index (χ2n) is 4.96. The maximum absolute atomic E-state index is 10.7. The quantitative estimate of drug-likeness (QED) is 0.870. The molecule has 1 N–H and O–H groups in total. The fraction of sp³-hybridized carbons (Fsp3) is 0.667. The van der Waals surface area contributed by atoms with Gasteiger partial charge in [-0.25, -0.2) is 4.79 Å². The number of aromatic carboxylic acids is 1. The molecule has 94 valence electrons. The zero-order chi connectivity index (χ0) is 12.4. The van der Waals surface area contributed by atoms with Crippen LogP contribution >= 0.6 is 0 Å². The molecule has 1 fully saturated rings. The average Bonchev–Trinajstić information content (AvgIpc) is 2.72. The Kier molecular flexibility index (Phi) is 3.47. The van der Waals surface area contributed by atoms with Crippen molar-refractivity contribution in [3.05, 3.63) is 17.5 Å². The molecular formula is C12H18N2O3. The molecule has 17 heavy (non-hydrogen) atoms. The van der Waals surface area contributed by atoms with Crippen LogP contribution in [0.3, 0.4) is 0 Å². The fourth-order valence-corrected chi connectivity index (χ4v) is 2.20. The van der Waals surface area contributed by atoms with E-state index in [2.05, 4.69) is 23.9 Å². The van der Waals surface area contributed by atoms with E-state index in [0.717, 1.165) is 19.0 Å². The van der Waals surface area contributed by atoms with Crippen molar-refractivity contribution in [2.45, 2.75) is 26.8 Å². The molecule has 1 aliphatic heterocycles. The summed E-state index contributed by atoms with van der Waals surface area (Å²) in [7, 11) is 0. The normalized spacial score (nSPS) is 26.0. The summed E-state index contributed by atoms with van der Waals surface area (Å²) in [6.07, 6.45) is 1.18. The van der Waals surface area contributed by atoms with Gasteiger partial charge in [0.1, 0.15) is 0 Å². The first kappa shape index (κ1) is 12.1. The molecule has 2 rings (SSSR count). The molecule has 0 spiro atoms. The lowest BCUT2D eigenvalue weighted by Gasteiger charge is -2.34. The van der Waals surface area contributed by atoms with Crippen LogP contribution in [-0.4, -0.2) is 34.2 Å². The maximum Gasteiger partial charge on any atom is 0.358 e. The van der Waals surface area contributed by atoms with E-state index in [1.807, 2.05) is 0 Å². The van der Waals surface area contributed by atoms with Crippen LogP contribution in [0.25, 0.3) is 0 Å². The van der Waals surface area contributed by atoms with Gasteiger partial charge < -0.3 is 9.63 Å². The number of aromatic nitrogens is 1. The van der Waals surface area contributed by atoms with Crippen LogP contribution in [-0.2, 0) is 6.54 Å². The molecule has 0 aromatic carbocycles. The third kappa shape index (κ3) is 2.85. The molecule has 5 nitrogen and oxygen atoms in total. The monoisotopic (exact) mass is 238 g/mol. The van der Waals surface area contributed by atoms with Gasteiger partial charge in [-0.15, -0.1) is 0 Å². The van der Waals surface area contributed by atoms with Crippen molar-refractivity contribution in [2.24, 2.45) is 11.8 Å². The van der Waals surface area contributed by atoms with E-state index in [1.54, 1.807) is 0 Å². The van der Waals surface area contributed by atoms with Gasteiger partial charge in [-0.1, -0.05) is 19.0 Å². The Bertz CT molecular complexity index is 402. The molecule has 5 heteroatoms. The van der Waals surface area contributed by atoms with Crippen LogP contribution in [0.1, 0.15) is 36.5 Å². The Balaban J connectivity index is 1.94. The van der Waals surface area contributed by atoms with Crippen molar-refractivity contribution in [2.75, 3.05) is 13.1 Å². The lowest BCUT2D eigenvalue weighted by Crippen LogP contribution is -2.37. The van der Waals surface area contributed by atoms with Crippen molar-refractivity contribution >= 4 is 5.97 Å². The summed E-state index contributed by atoms with van der Waals surface area (Å²) in [5.74, 6) is 1.02. The Morgan fingerprint density at radius 2 is 2.35 bits per heavy atom. The third-order valence-corrected chi connectivity index (χ3v) is 3.58. The van der Waals surface area contributed by atoms with Gasteiger partial charge in [-0.05, 0) is 24.8 Å². The molecule has 1 saturated heterocycles. The van der Waals surface area contributed by atoms with Gasteiger partial charge in [-0.3, -0.25) is 4.90 Å². The molecule has 0 saturated carbocycles. The highest BCUT2D eigenvalue weighted by Crippen LogP contribution is 2.23. The Morgan fingerprint density at radius 3 is 2.94 bits per heavy atom. The highest BCUT2D eigenvalue weighted by molar-refractivity contribution is 5.85. The molecule has 2 atom stereocenters. The Hall–Kier alpha value is -1.36. The van der Waals surface area contributed by atoms with Crippen LogP contribution in [0.2, 0.25) is 0 Å². The van der Waals surface area contributed by atoms with Crippen molar-refractivity contribution in [1.82, 2.24) is 10.1 Å². The number of carbonyl (C=O) groups is 1. The summed E-state index contributed by atoms with van der Waals surface area (Å²) in [5, 5.41) is 12.3. The number of hydrogen-bond donors (Lipinski definition) is 1. The van der Waals surface area contributed by atoms with Crippen molar-refractivity contribution in [1.29, 1.82) is 0 Å². The summed E-state index contributed by atoms with van der Waals surface area (Å²) < 4.78 is 5.02. The largest absolute Gasteiger partial charge is 0.476 e. The number of likely N-dealkylation sites (tertiary alicyclic amines) is 1. The SMILES string of the molecule is CC1CCN(Cc2cc(C(=O)O)no2)CC1C. The number of piperidine rings is 1. The molecule has 0 radical (unpaired) electrons. The number of nitrogens with zero attached hydrogens (tertiary/aromatic N) is 2. The smallest absolute Gasteiger partial charge is 0.358 e.